The molecular weight excluding hydrogens is 268 g/mol. The van der Waals surface area contributed by atoms with E-state index in [1.165, 1.54) is 0 Å². The Morgan fingerprint density at radius 1 is 1.24 bits per heavy atom. The molecule has 2 rings (SSSR count). The lowest BCUT2D eigenvalue weighted by atomic mass is 9.91. The second-order valence-electron chi connectivity index (χ2n) is 6.42. The normalized spacial score (nSPS) is 22.4. The van der Waals surface area contributed by atoms with Gasteiger partial charge in [-0.3, -0.25) is 0 Å². The largest absolute Gasteiger partial charge is 0.444 e. The SMILES string of the molecule is CC(C)(C)OC(=O)NC1CCCC(Nc2ncccn2)C1. The summed E-state index contributed by atoms with van der Waals surface area (Å²) in [4.78, 5) is 20.2. The van der Waals surface area contributed by atoms with Gasteiger partial charge < -0.3 is 15.4 Å². The van der Waals surface area contributed by atoms with E-state index in [-0.39, 0.29) is 18.2 Å². The average Bonchev–Trinajstić information content (AvgIpc) is 2.38. The van der Waals surface area contributed by atoms with Gasteiger partial charge in [0.15, 0.2) is 0 Å². The Labute approximate surface area is 125 Å². The van der Waals surface area contributed by atoms with E-state index in [1.807, 2.05) is 20.8 Å². The number of hydrogen-bond acceptors (Lipinski definition) is 5. The summed E-state index contributed by atoms with van der Waals surface area (Å²) >= 11 is 0. The van der Waals surface area contributed by atoms with Crippen molar-refractivity contribution in [2.45, 2.75) is 64.1 Å². The van der Waals surface area contributed by atoms with E-state index in [2.05, 4.69) is 20.6 Å². The van der Waals surface area contributed by atoms with Crippen LogP contribution in [-0.4, -0.2) is 33.7 Å². The first-order chi connectivity index (χ1) is 9.92. The van der Waals surface area contributed by atoms with Crippen molar-refractivity contribution in [3.8, 4) is 0 Å². The molecule has 1 saturated carbocycles. The topological polar surface area (TPSA) is 76.1 Å². The summed E-state index contributed by atoms with van der Waals surface area (Å²) in [6.07, 6.45) is 7.05. The van der Waals surface area contributed by atoms with Crippen LogP contribution >= 0.6 is 0 Å². The van der Waals surface area contributed by atoms with Crippen LogP contribution in [0.2, 0.25) is 0 Å². The maximum absolute atomic E-state index is 11.8. The highest BCUT2D eigenvalue weighted by Crippen LogP contribution is 2.21. The van der Waals surface area contributed by atoms with E-state index >= 15 is 0 Å². The van der Waals surface area contributed by atoms with Crippen molar-refractivity contribution in [2.75, 3.05) is 5.32 Å². The summed E-state index contributed by atoms with van der Waals surface area (Å²) in [5.41, 5.74) is -0.464. The van der Waals surface area contributed by atoms with E-state index in [9.17, 15) is 4.79 Å². The lowest BCUT2D eigenvalue weighted by Crippen LogP contribution is -2.44. The molecule has 1 aromatic rings. The molecule has 1 fully saturated rings. The van der Waals surface area contributed by atoms with Crippen molar-refractivity contribution < 1.29 is 9.53 Å². The van der Waals surface area contributed by atoms with Gasteiger partial charge in [-0.1, -0.05) is 0 Å². The van der Waals surface area contributed by atoms with Gasteiger partial charge in [0.05, 0.1) is 0 Å². The van der Waals surface area contributed by atoms with Gasteiger partial charge in [-0.25, -0.2) is 14.8 Å². The van der Waals surface area contributed by atoms with Gasteiger partial charge in [-0.05, 0) is 52.5 Å². The monoisotopic (exact) mass is 292 g/mol. The first-order valence-electron chi connectivity index (χ1n) is 7.45. The highest BCUT2D eigenvalue weighted by Gasteiger charge is 2.25. The third-order valence-corrected chi connectivity index (χ3v) is 3.29. The molecule has 1 aromatic heterocycles. The molecule has 0 bridgehead atoms. The van der Waals surface area contributed by atoms with Crippen LogP contribution in [0.1, 0.15) is 46.5 Å². The molecule has 6 nitrogen and oxygen atoms in total. The number of aromatic nitrogens is 2. The van der Waals surface area contributed by atoms with Gasteiger partial charge in [-0.15, -0.1) is 0 Å². The summed E-state index contributed by atoms with van der Waals surface area (Å²) in [5, 5.41) is 6.27. The Morgan fingerprint density at radius 3 is 2.57 bits per heavy atom. The van der Waals surface area contributed by atoms with Crippen LogP contribution < -0.4 is 10.6 Å². The van der Waals surface area contributed by atoms with Crippen LogP contribution in [-0.2, 0) is 4.74 Å². The molecule has 1 heterocycles. The van der Waals surface area contributed by atoms with Crippen molar-refractivity contribution in [1.82, 2.24) is 15.3 Å². The van der Waals surface area contributed by atoms with Crippen LogP contribution in [0.15, 0.2) is 18.5 Å². The molecule has 2 N–H and O–H groups in total. The minimum absolute atomic E-state index is 0.134. The lowest BCUT2D eigenvalue weighted by molar-refractivity contribution is 0.0492. The molecule has 1 amide bonds. The predicted molar refractivity (Wildman–Crippen MR) is 81.1 cm³/mol. The maximum Gasteiger partial charge on any atom is 0.407 e. The number of rotatable bonds is 3. The Kier molecular flexibility index (Phi) is 4.98. The second-order valence-corrected chi connectivity index (χ2v) is 6.42. The van der Waals surface area contributed by atoms with Crippen molar-refractivity contribution in [3.63, 3.8) is 0 Å². The average molecular weight is 292 g/mol. The number of anilines is 1. The standard InChI is InChI=1S/C15H24N4O2/c1-15(2,3)21-14(20)19-12-7-4-6-11(10-12)18-13-16-8-5-9-17-13/h5,8-9,11-12H,4,6-7,10H2,1-3H3,(H,19,20)(H,16,17,18). The van der Waals surface area contributed by atoms with E-state index in [4.69, 9.17) is 4.74 Å². The molecule has 116 valence electrons. The minimum Gasteiger partial charge on any atom is -0.444 e. The van der Waals surface area contributed by atoms with Crippen LogP contribution in [0, 0.1) is 0 Å². The zero-order chi connectivity index (χ0) is 15.3. The van der Waals surface area contributed by atoms with Gasteiger partial charge in [-0.2, -0.15) is 0 Å². The number of nitrogens with one attached hydrogen (secondary N) is 2. The molecule has 0 aromatic carbocycles. The van der Waals surface area contributed by atoms with Crippen molar-refractivity contribution in [3.05, 3.63) is 18.5 Å². The van der Waals surface area contributed by atoms with E-state index < -0.39 is 5.60 Å². The fourth-order valence-corrected chi connectivity index (χ4v) is 2.48. The molecule has 21 heavy (non-hydrogen) atoms. The van der Waals surface area contributed by atoms with Crippen molar-refractivity contribution >= 4 is 12.0 Å². The summed E-state index contributed by atoms with van der Waals surface area (Å²) in [7, 11) is 0. The molecule has 0 saturated heterocycles. The maximum atomic E-state index is 11.8. The number of carbonyl (C=O) groups is 1. The van der Waals surface area contributed by atoms with Crippen LogP contribution in [0.25, 0.3) is 0 Å². The van der Waals surface area contributed by atoms with Crippen molar-refractivity contribution in [2.24, 2.45) is 0 Å². The number of alkyl carbamates (subject to hydrolysis) is 1. The quantitative estimate of drug-likeness (QED) is 0.896. The smallest absolute Gasteiger partial charge is 0.407 e. The first-order valence-corrected chi connectivity index (χ1v) is 7.45. The van der Waals surface area contributed by atoms with Gasteiger partial charge >= 0.3 is 6.09 Å². The third kappa shape index (κ3) is 5.57. The molecule has 2 atom stereocenters. The first kappa shape index (κ1) is 15.5. The summed E-state index contributed by atoms with van der Waals surface area (Å²) < 4.78 is 5.30. The Hall–Kier alpha value is -1.85. The molecule has 0 radical (unpaired) electrons. The number of carbonyl (C=O) groups excluding carboxylic acids is 1. The fraction of sp³-hybridized carbons (Fsp3) is 0.667. The third-order valence-electron chi connectivity index (χ3n) is 3.29. The van der Waals surface area contributed by atoms with Crippen LogP contribution in [0.5, 0.6) is 0 Å². The zero-order valence-corrected chi connectivity index (χ0v) is 12.9. The summed E-state index contributed by atoms with van der Waals surface area (Å²) in [6, 6.07) is 2.20. The minimum atomic E-state index is -0.464. The highest BCUT2D eigenvalue weighted by molar-refractivity contribution is 5.68. The molecule has 2 unspecified atom stereocenters. The second kappa shape index (κ2) is 6.74. The van der Waals surface area contributed by atoms with Gasteiger partial charge in [0.2, 0.25) is 5.95 Å². The van der Waals surface area contributed by atoms with E-state index in [1.54, 1.807) is 18.5 Å². The number of amides is 1. The van der Waals surface area contributed by atoms with Gasteiger partial charge in [0.1, 0.15) is 5.60 Å². The molecule has 0 aliphatic heterocycles. The molecule has 0 spiro atoms. The number of ether oxygens (including phenoxy) is 1. The zero-order valence-electron chi connectivity index (χ0n) is 12.9. The summed E-state index contributed by atoms with van der Waals surface area (Å²) in [6.45, 7) is 5.60. The van der Waals surface area contributed by atoms with Gasteiger partial charge in [0, 0.05) is 24.5 Å². The number of hydrogen-bond donors (Lipinski definition) is 2. The van der Waals surface area contributed by atoms with Crippen molar-refractivity contribution in [1.29, 1.82) is 0 Å². The molecule has 6 heteroatoms. The molecule has 1 aliphatic rings. The Bertz CT molecular complexity index is 458. The summed E-state index contributed by atoms with van der Waals surface area (Å²) in [5.74, 6) is 0.639. The number of nitrogens with zero attached hydrogens (tertiary/aromatic N) is 2. The molecule has 1 aliphatic carbocycles. The van der Waals surface area contributed by atoms with Gasteiger partial charge in [0.25, 0.3) is 0 Å². The Balaban J connectivity index is 1.82. The molecular formula is C15H24N4O2. The van der Waals surface area contributed by atoms with Crippen LogP contribution in [0.3, 0.4) is 0 Å². The van der Waals surface area contributed by atoms with E-state index in [0.717, 1.165) is 25.7 Å². The highest BCUT2D eigenvalue weighted by atomic mass is 16.6. The predicted octanol–water partition coefficient (Wildman–Crippen LogP) is 2.72. The fourth-order valence-electron chi connectivity index (χ4n) is 2.48. The Morgan fingerprint density at radius 2 is 1.90 bits per heavy atom. The lowest BCUT2D eigenvalue weighted by Gasteiger charge is -2.31. The van der Waals surface area contributed by atoms with Crippen LogP contribution in [0.4, 0.5) is 10.7 Å². The van der Waals surface area contributed by atoms with E-state index in [0.29, 0.717) is 5.95 Å².